The molecule has 1 nitrogen and oxygen atoms in total. The van der Waals surface area contributed by atoms with Gasteiger partial charge < -0.3 is 4.74 Å². The standard InChI is InChI=1S/C7H10O/c1-3-7-4-2-5(1)6(7)8-7/h5-6H,1-4H2. The highest BCUT2D eigenvalue weighted by Crippen LogP contribution is 2.62. The monoisotopic (exact) mass is 110 g/mol. The summed E-state index contributed by atoms with van der Waals surface area (Å²) >= 11 is 0. The Morgan fingerprint density at radius 1 is 1.25 bits per heavy atom. The van der Waals surface area contributed by atoms with Crippen LogP contribution in [0, 0.1) is 5.92 Å². The van der Waals surface area contributed by atoms with E-state index in [0.717, 1.165) is 12.0 Å². The highest BCUT2D eigenvalue weighted by atomic mass is 16.6. The lowest BCUT2D eigenvalue weighted by molar-refractivity contribution is 0.160. The first-order chi connectivity index (χ1) is 3.91. The zero-order valence-corrected chi connectivity index (χ0v) is 4.89. The molecule has 2 saturated carbocycles. The third-order valence-electron chi connectivity index (χ3n) is 3.13. The molecule has 44 valence electrons. The molecule has 2 bridgehead atoms. The van der Waals surface area contributed by atoms with E-state index >= 15 is 0 Å². The normalized spacial score (nSPS) is 66.0. The summed E-state index contributed by atoms with van der Waals surface area (Å²) in [6.07, 6.45) is 6.42. The number of hydrogen-bond acceptors (Lipinski definition) is 1. The Morgan fingerprint density at radius 3 is 2.12 bits per heavy atom. The highest BCUT2D eigenvalue weighted by Gasteiger charge is 2.67. The Balaban J connectivity index is 2.09. The van der Waals surface area contributed by atoms with Gasteiger partial charge in [-0.2, -0.15) is 0 Å². The predicted octanol–water partition coefficient (Wildman–Crippen LogP) is 1.33. The molecule has 0 aromatic rings. The Kier molecular flexibility index (Phi) is 0.418. The zero-order valence-electron chi connectivity index (χ0n) is 4.89. The molecule has 1 aliphatic heterocycles. The van der Waals surface area contributed by atoms with Crippen molar-refractivity contribution in [1.29, 1.82) is 0 Å². The fraction of sp³-hybridized carbons (Fsp3) is 1.00. The van der Waals surface area contributed by atoms with E-state index in [-0.39, 0.29) is 0 Å². The summed E-state index contributed by atoms with van der Waals surface area (Å²) in [6, 6.07) is 0. The van der Waals surface area contributed by atoms with E-state index in [1.807, 2.05) is 0 Å². The second-order valence-corrected chi connectivity index (χ2v) is 3.44. The van der Waals surface area contributed by atoms with Gasteiger partial charge in [0.05, 0.1) is 11.7 Å². The van der Waals surface area contributed by atoms with Crippen LogP contribution >= 0.6 is 0 Å². The first-order valence-electron chi connectivity index (χ1n) is 3.59. The molecule has 2 aliphatic carbocycles. The molecular formula is C7H10O. The minimum atomic E-state index is 0.477. The second-order valence-electron chi connectivity index (χ2n) is 3.44. The van der Waals surface area contributed by atoms with Crippen molar-refractivity contribution < 1.29 is 4.74 Å². The summed E-state index contributed by atoms with van der Waals surface area (Å²) in [6.45, 7) is 0. The van der Waals surface area contributed by atoms with Crippen LogP contribution in [0.5, 0.6) is 0 Å². The Bertz CT molecular complexity index is 131. The van der Waals surface area contributed by atoms with Crippen LogP contribution < -0.4 is 0 Å². The number of epoxide rings is 1. The molecule has 1 saturated heterocycles. The molecule has 0 aromatic carbocycles. The van der Waals surface area contributed by atoms with Crippen LogP contribution in [0.1, 0.15) is 25.7 Å². The van der Waals surface area contributed by atoms with E-state index in [4.69, 9.17) is 4.74 Å². The fourth-order valence-electron chi connectivity index (χ4n) is 2.58. The molecule has 0 spiro atoms. The molecule has 3 rings (SSSR count). The molecule has 0 aromatic heterocycles. The van der Waals surface area contributed by atoms with Gasteiger partial charge in [0.15, 0.2) is 0 Å². The maximum absolute atomic E-state index is 5.54. The minimum Gasteiger partial charge on any atom is -0.366 e. The van der Waals surface area contributed by atoms with Gasteiger partial charge in [0.25, 0.3) is 0 Å². The van der Waals surface area contributed by atoms with Crippen LogP contribution in [0.2, 0.25) is 0 Å². The molecule has 3 fully saturated rings. The SMILES string of the molecule is C1CC23CCC1C2O3. The lowest BCUT2D eigenvalue weighted by Gasteiger charge is -2.14. The average molecular weight is 110 g/mol. The van der Waals surface area contributed by atoms with Crippen molar-refractivity contribution in [2.75, 3.05) is 0 Å². The van der Waals surface area contributed by atoms with Crippen LogP contribution in [0.15, 0.2) is 0 Å². The fourth-order valence-corrected chi connectivity index (χ4v) is 2.58. The smallest absolute Gasteiger partial charge is 0.0951 e. The molecule has 3 aliphatic rings. The topological polar surface area (TPSA) is 12.5 Å². The molecule has 1 unspecified atom stereocenters. The summed E-state index contributed by atoms with van der Waals surface area (Å²) in [5, 5.41) is 0. The predicted molar refractivity (Wildman–Crippen MR) is 29.6 cm³/mol. The summed E-state index contributed by atoms with van der Waals surface area (Å²) in [5.74, 6) is 0.981. The van der Waals surface area contributed by atoms with Crippen LogP contribution in [-0.4, -0.2) is 11.7 Å². The molecule has 1 atom stereocenters. The van der Waals surface area contributed by atoms with Gasteiger partial charge >= 0.3 is 0 Å². The summed E-state index contributed by atoms with van der Waals surface area (Å²) in [7, 11) is 0. The van der Waals surface area contributed by atoms with Crippen LogP contribution in [-0.2, 0) is 4.74 Å². The van der Waals surface area contributed by atoms with E-state index in [1.165, 1.54) is 25.7 Å². The van der Waals surface area contributed by atoms with Crippen LogP contribution in [0.25, 0.3) is 0 Å². The maximum Gasteiger partial charge on any atom is 0.0951 e. The molecular weight excluding hydrogens is 100 g/mol. The van der Waals surface area contributed by atoms with Crippen molar-refractivity contribution in [2.45, 2.75) is 37.4 Å². The Morgan fingerprint density at radius 2 is 2.00 bits per heavy atom. The number of rotatable bonds is 0. The van der Waals surface area contributed by atoms with Crippen molar-refractivity contribution in [1.82, 2.24) is 0 Å². The van der Waals surface area contributed by atoms with Crippen molar-refractivity contribution in [3.8, 4) is 0 Å². The molecule has 0 radical (unpaired) electrons. The summed E-state index contributed by atoms with van der Waals surface area (Å²) < 4.78 is 5.54. The largest absolute Gasteiger partial charge is 0.366 e. The van der Waals surface area contributed by atoms with Gasteiger partial charge in [-0.3, -0.25) is 0 Å². The van der Waals surface area contributed by atoms with Gasteiger partial charge in [0, 0.05) is 0 Å². The number of hydrogen-bond donors (Lipinski definition) is 0. The van der Waals surface area contributed by atoms with E-state index in [0.29, 0.717) is 5.60 Å². The van der Waals surface area contributed by atoms with Gasteiger partial charge in [-0.25, -0.2) is 0 Å². The molecule has 8 heavy (non-hydrogen) atoms. The van der Waals surface area contributed by atoms with Crippen LogP contribution in [0.3, 0.4) is 0 Å². The van der Waals surface area contributed by atoms with Gasteiger partial charge in [-0.05, 0) is 31.6 Å². The zero-order chi connectivity index (χ0) is 5.19. The van der Waals surface area contributed by atoms with Crippen molar-refractivity contribution in [2.24, 2.45) is 5.92 Å². The molecule has 1 heteroatoms. The Labute approximate surface area is 49.0 Å². The van der Waals surface area contributed by atoms with Crippen LogP contribution in [0.4, 0.5) is 0 Å². The van der Waals surface area contributed by atoms with Crippen molar-refractivity contribution >= 4 is 0 Å². The van der Waals surface area contributed by atoms with E-state index in [1.54, 1.807) is 0 Å². The quantitative estimate of drug-likeness (QED) is 0.428. The summed E-state index contributed by atoms with van der Waals surface area (Å²) in [5.41, 5.74) is 0.477. The van der Waals surface area contributed by atoms with Gasteiger partial charge in [-0.15, -0.1) is 0 Å². The third kappa shape index (κ3) is 0.235. The van der Waals surface area contributed by atoms with Crippen molar-refractivity contribution in [3.63, 3.8) is 0 Å². The van der Waals surface area contributed by atoms with Gasteiger partial charge in [0.2, 0.25) is 0 Å². The third-order valence-corrected chi connectivity index (χ3v) is 3.13. The minimum absolute atomic E-state index is 0.477. The Hall–Kier alpha value is -0.0400. The van der Waals surface area contributed by atoms with Crippen molar-refractivity contribution in [3.05, 3.63) is 0 Å². The first kappa shape index (κ1) is 3.89. The lowest BCUT2D eigenvalue weighted by atomic mass is 9.98. The van der Waals surface area contributed by atoms with E-state index in [9.17, 15) is 0 Å². The molecule has 1 heterocycles. The highest BCUT2D eigenvalue weighted by molar-refractivity contribution is 5.16. The van der Waals surface area contributed by atoms with Gasteiger partial charge in [-0.1, -0.05) is 0 Å². The van der Waals surface area contributed by atoms with E-state index in [2.05, 4.69) is 0 Å². The maximum atomic E-state index is 5.54. The lowest BCUT2D eigenvalue weighted by Crippen LogP contribution is -2.09. The number of ether oxygens (including phenoxy) is 1. The first-order valence-corrected chi connectivity index (χ1v) is 3.59. The summed E-state index contributed by atoms with van der Waals surface area (Å²) in [4.78, 5) is 0. The molecule has 0 amide bonds. The second kappa shape index (κ2) is 0.860. The van der Waals surface area contributed by atoms with Gasteiger partial charge in [0.1, 0.15) is 0 Å². The molecule has 0 N–H and O–H groups in total. The van der Waals surface area contributed by atoms with E-state index < -0.39 is 0 Å². The average Bonchev–Trinajstić information content (AvgIpc) is 2.31.